The van der Waals surface area contributed by atoms with Gasteiger partial charge in [-0.3, -0.25) is 0 Å². The van der Waals surface area contributed by atoms with E-state index in [-0.39, 0.29) is 0 Å². The number of hydrogen-bond donors (Lipinski definition) is 1. The minimum atomic E-state index is -0.458. The van der Waals surface area contributed by atoms with Crippen molar-refractivity contribution < 1.29 is 4.42 Å². The lowest BCUT2D eigenvalue weighted by atomic mass is 10.1. The molecule has 20 heavy (non-hydrogen) atoms. The monoisotopic (exact) mass is 369 g/mol. The molecule has 3 aromatic rings. The van der Waals surface area contributed by atoms with Crippen molar-refractivity contribution in [2.45, 2.75) is 6.04 Å². The minimum Gasteiger partial charge on any atom is -0.458 e. The molecule has 1 aromatic heterocycles. The smallest absolute Gasteiger partial charge is 0.148 e. The number of fused-ring (bicyclic) bond motifs is 1. The standard InChI is InChI=1S/C15H10BrCl2NO/c16-11-3-1-2-8-6-13(20-15(8)11)14(19)10-7-9(17)4-5-12(10)18/h1-7,14H,19H2. The predicted molar refractivity (Wildman–Crippen MR) is 86.4 cm³/mol. The lowest BCUT2D eigenvalue weighted by Gasteiger charge is -2.11. The Labute approximate surface area is 134 Å². The van der Waals surface area contributed by atoms with Crippen LogP contribution in [0.1, 0.15) is 17.4 Å². The van der Waals surface area contributed by atoms with E-state index in [4.69, 9.17) is 33.4 Å². The summed E-state index contributed by atoms with van der Waals surface area (Å²) in [7, 11) is 0. The molecule has 1 atom stereocenters. The number of rotatable bonds is 2. The fraction of sp³-hybridized carbons (Fsp3) is 0.0667. The Morgan fingerprint density at radius 2 is 1.90 bits per heavy atom. The summed E-state index contributed by atoms with van der Waals surface area (Å²) in [6.07, 6.45) is 0. The van der Waals surface area contributed by atoms with Crippen molar-refractivity contribution in [3.63, 3.8) is 0 Å². The SMILES string of the molecule is NC(c1cc2cccc(Br)c2o1)c1cc(Cl)ccc1Cl. The topological polar surface area (TPSA) is 39.2 Å². The van der Waals surface area contributed by atoms with Gasteiger partial charge in [0.25, 0.3) is 0 Å². The maximum atomic E-state index is 6.25. The van der Waals surface area contributed by atoms with E-state index in [1.807, 2.05) is 24.3 Å². The molecular formula is C15H10BrCl2NO. The van der Waals surface area contributed by atoms with Crippen LogP contribution in [0.15, 0.2) is 51.4 Å². The van der Waals surface area contributed by atoms with Crippen LogP contribution in [0.25, 0.3) is 11.0 Å². The van der Waals surface area contributed by atoms with Crippen LogP contribution in [-0.4, -0.2) is 0 Å². The molecule has 0 aliphatic heterocycles. The zero-order valence-corrected chi connectivity index (χ0v) is 13.3. The van der Waals surface area contributed by atoms with Crippen molar-refractivity contribution in [2.24, 2.45) is 5.73 Å². The number of benzene rings is 2. The zero-order chi connectivity index (χ0) is 14.3. The van der Waals surface area contributed by atoms with Crippen molar-refractivity contribution in [2.75, 3.05) is 0 Å². The van der Waals surface area contributed by atoms with Crippen LogP contribution < -0.4 is 5.73 Å². The predicted octanol–water partition coefficient (Wildman–Crippen LogP) is 5.55. The molecule has 2 nitrogen and oxygen atoms in total. The molecule has 0 radical (unpaired) electrons. The highest BCUT2D eigenvalue weighted by atomic mass is 79.9. The number of para-hydroxylation sites is 1. The quantitative estimate of drug-likeness (QED) is 0.642. The Morgan fingerprint density at radius 1 is 1.10 bits per heavy atom. The van der Waals surface area contributed by atoms with Crippen molar-refractivity contribution in [3.05, 3.63) is 68.3 Å². The molecule has 0 saturated heterocycles. The Morgan fingerprint density at radius 3 is 2.65 bits per heavy atom. The molecule has 3 rings (SSSR count). The molecule has 0 bridgehead atoms. The Hall–Kier alpha value is -1.000. The van der Waals surface area contributed by atoms with E-state index in [1.54, 1.807) is 18.2 Å². The van der Waals surface area contributed by atoms with E-state index in [9.17, 15) is 0 Å². The second kappa shape index (κ2) is 5.41. The first-order valence-corrected chi connectivity index (χ1v) is 7.49. The van der Waals surface area contributed by atoms with Crippen molar-refractivity contribution in [1.29, 1.82) is 0 Å². The highest BCUT2D eigenvalue weighted by molar-refractivity contribution is 9.10. The molecule has 2 aromatic carbocycles. The van der Waals surface area contributed by atoms with Crippen molar-refractivity contribution in [3.8, 4) is 0 Å². The lowest BCUT2D eigenvalue weighted by Crippen LogP contribution is -2.11. The molecule has 1 heterocycles. The summed E-state index contributed by atoms with van der Waals surface area (Å²) >= 11 is 15.6. The first kappa shape index (κ1) is 14.0. The van der Waals surface area contributed by atoms with Crippen LogP contribution in [0, 0.1) is 0 Å². The van der Waals surface area contributed by atoms with Crippen LogP contribution >= 0.6 is 39.1 Å². The second-order valence-corrected chi connectivity index (χ2v) is 6.15. The molecule has 0 amide bonds. The van der Waals surface area contributed by atoms with E-state index >= 15 is 0 Å². The summed E-state index contributed by atoms with van der Waals surface area (Å²) in [4.78, 5) is 0. The van der Waals surface area contributed by atoms with Gasteiger partial charge in [-0.15, -0.1) is 0 Å². The van der Waals surface area contributed by atoms with Gasteiger partial charge in [-0.2, -0.15) is 0 Å². The van der Waals surface area contributed by atoms with E-state index in [0.717, 1.165) is 21.0 Å². The third-order valence-electron chi connectivity index (χ3n) is 3.11. The summed E-state index contributed by atoms with van der Waals surface area (Å²) in [6, 6.07) is 12.5. The van der Waals surface area contributed by atoms with Crippen LogP contribution in [0.2, 0.25) is 10.0 Å². The lowest BCUT2D eigenvalue weighted by molar-refractivity contribution is 0.524. The highest BCUT2D eigenvalue weighted by Gasteiger charge is 2.18. The Balaban J connectivity index is 2.10. The third kappa shape index (κ3) is 2.47. The molecule has 0 aliphatic carbocycles. The minimum absolute atomic E-state index is 0.458. The van der Waals surface area contributed by atoms with Crippen LogP contribution in [0.5, 0.6) is 0 Å². The first-order chi connectivity index (χ1) is 9.56. The number of nitrogens with two attached hydrogens (primary N) is 1. The largest absolute Gasteiger partial charge is 0.458 e. The Bertz CT molecular complexity index is 785. The fourth-order valence-electron chi connectivity index (χ4n) is 2.11. The van der Waals surface area contributed by atoms with Gasteiger partial charge in [-0.1, -0.05) is 35.3 Å². The van der Waals surface area contributed by atoms with Gasteiger partial charge >= 0.3 is 0 Å². The van der Waals surface area contributed by atoms with Gasteiger partial charge in [0.1, 0.15) is 11.3 Å². The molecule has 2 N–H and O–H groups in total. The van der Waals surface area contributed by atoms with E-state index in [0.29, 0.717) is 15.8 Å². The van der Waals surface area contributed by atoms with Gasteiger partial charge in [0, 0.05) is 15.4 Å². The number of furan rings is 1. The van der Waals surface area contributed by atoms with Gasteiger partial charge < -0.3 is 10.2 Å². The maximum Gasteiger partial charge on any atom is 0.148 e. The molecular weight excluding hydrogens is 361 g/mol. The average Bonchev–Trinajstić information content (AvgIpc) is 2.86. The van der Waals surface area contributed by atoms with Gasteiger partial charge in [0.15, 0.2) is 0 Å². The molecule has 102 valence electrons. The molecule has 0 aliphatic rings. The van der Waals surface area contributed by atoms with Crippen LogP contribution in [-0.2, 0) is 0 Å². The molecule has 1 unspecified atom stereocenters. The third-order valence-corrected chi connectivity index (χ3v) is 4.32. The molecule has 0 saturated carbocycles. The fourth-order valence-corrected chi connectivity index (χ4v) is 2.99. The number of halogens is 3. The molecule has 5 heteroatoms. The number of hydrogen-bond acceptors (Lipinski definition) is 2. The Kier molecular flexibility index (Phi) is 3.78. The summed E-state index contributed by atoms with van der Waals surface area (Å²) in [5.74, 6) is 0.649. The highest BCUT2D eigenvalue weighted by Crippen LogP contribution is 2.34. The van der Waals surface area contributed by atoms with Crippen LogP contribution in [0.3, 0.4) is 0 Å². The summed E-state index contributed by atoms with van der Waals surface area (Å²) in [5, 5.41) is 2.15. The van der Waals surface area contributed by atoms with E-state index in [1.165, 1.54) is 0 Å². The molecule has 0 fully saturated rings. The normalized spacial score (nSPS) is 12.8. The summed E-state index contributed by atoms with van der Waals surface area (Å²) in [6.45, 7) is 0. The van der Waals surface area contributed by atoms with Crippen molar-refractivity contribution in [1.82, 2.24) is 0 Å². The summed E-state index contributed by atoms with van der Waals surface area (Å²) < 4.78 is 6.73. The summed E-state index contributed by atoms with van der Waals surface area (Å²) in [5.41, 5.74) is 7.77. The van der Waals surface area contributed by atoms with Crippen LogP contribution in [0.4, 0.5) is 0 Å². The van der Waals surface area contributed by atoms with E-state index in [2.05, 4.69) is 15.9 Å². The van der Waals surface area contributed by atoms with Gasteiger partial charge in [0.05, 0.1) is 10.5 Å². The van der Waals surface area contributed by atoms with Gasteiger partial charge in [-0.25, -0.2) is 0 Å². The van der Waals surface area contributed by atoms with Gasteiger partial charge in [-0.05, 0) is 51.8 Å². The van der Waals surface area contributed by atoms with Gasteiger partial charge in [0.2, 0.25) is 0 Å². The van der Waals surface area contributed by atoms with E-state index < -0.39 is 6.04 Å². The molecule has 0 spiro atoms. The zero-order valence-electron chi connectivity index (χ0n) is 10.2. The first-order valence-electron chi connectivity index (χ1n) is 5.95. The van der Waals surface area contributed by atoms with Crippen molar-refractivity contribution >= 4 is 50.1 Å². The second-order valence-electron chi connectivity index (χ2n) is 4.45. The maximum absolute atomic E-state index is 6.25. The average molecular weight is 371 g/mol.